The van der Waals surface area contributed by atoms with Crippen molar-refractivity contribution in [3.05, 3.63) is 35.7 Å². The summed E-state index contributed by atoms with van der Waals surface area (Å²) in [5.41, 5.74) is 0.259. The molecule has 1 fully saturated rings. The number of ketones is 1. The normalized spacial score (nSPS) is 33.2. The molecular weight excluding hydrogens is 191 g/mol. The van der Waals surface area contributed by atoms with Gasteiger partial charge in [-0.05, 0) is 30.1 Å². The molecule has 1 atom stereocenters. The summed E-state index contributed by atoms with van der Waals surface area (Å²) in [6, 6.07) is 0. The standard InChI is InChI=1S/C13H15FO/c1-12(2)8-11(15)13(3)7-6-9(14)4-5-10(12)13/h4-7H,8H2,1-3H3/t13-/m1/s1. The Morgan fingerprint density at radius 1 is 1.27 bits per heavy atom. The minimum Gasteiger partial charge on any atom is -0.298 e. The van der Waals surface area contributed by atoms with Gasteiger partial charge in [0.1, 0.15) is 11.6 Å². The van der Waals surface area contributed by atoms with Crippen LogP contribution < -0.4 is 0 Å². The summed E-state index contributed by atoms with van der Waals surface area (Å²) in [5.74, 6) is -0.111. The molecule has 2 rings (SSSR count). The Balaban J connectivity index is 2.61. The zero-order valence-electron chi connectivity index (χ0n) is 9.30. The fourth-order valence-corrected chi connectivity index (χ4v) is 2.58. The Morgan fingerprint density at radius 2 is 1.93 bits per heavy atom. The van der Waals surface area contributed by atoms with E-state index in [1.54, 1.807) is 12.2 Å². The maximum atomic E-state index is 13.1. The first kappa shape index (κ1) is 10.3. The summed E-state index contributed by atoms with van der Waals surface area (Å²) in [7, 11) is 0. The first-order valence-electron chi connectivity index (χ1n) is 5.17. The van der Waals surface area contributed by atoms with Crippen LogP contribution in [-0.2, 0) is 4.79 Å². The van der Waals surface area contributed by atoms with Gasteiger partial charge in [-0.2, -0.15) is 0 Å². The zero-order chi connectivity index (χ0) is 11.3. The molecule has 0 heterocycles. The number of carbonyl (C=O) groups excluding carboxylic acids is 1. The van der Waals surface area contributed by atoms with Crippen molar-refractivity contribution < 1.29 is 9.18 Å². The lowest BCUT2D eigenvalue weighted by molar-refractivity contribution is -0.122. The Labute approximate surface area is 89.4 Å². The molecular formula is C13H15FO. The van der Waals surface area contributed by atoms with E-state index >= 15 is 0 Å². The molecule has 0 aromatic carbocycles. The zero-order valence-corrected chi connectivity index (χ0v) is 9.30. The van der Waals surface area contributed by atoms with Crippen LogP contribution in [0.1, 0.15) is 27.2 Å². The van der Waals surface area contributed by atoms with Crippen molar-refractivity contribution in [3.8, 4) is 0 Å². The molecule has 0 saturated heterocycles. The second-order valence-electron chi connectivity index (χ2n) is 5.15. The molecule has 0 bridgehead atoms. The molecule has 15 heavy (non-hydrogen) atoms. The molecule has 0 aliphatic heterocycles. The van der Waals surface area contributed by atoms with Gasteiger partial charge in [0.25, 0.3) is 0 Å². The highest BCUT2D eigenvalue weighted by atomic mass is 19.1. The maximum absolute atomic E-state index is 13.1. The first-order valence-corrected chi connectivity index (χ1v) is 5.17. The number of Topliss-reactive ketones (excluding diaryl/α,β-unsaturated/α-hetero) is 1. The number of hydrogen-bond acceptors (Lipinski definition) is 1. The van der Waals surface area contributed by atoms with E-state index in [1.165, 1.54) is 12.2 Å². The summed E-state index contributed by atoms with van der Waals surface area (Å²) in [6.45, 7) is 5.94. The molecule has 0 spiro atoms. The van der Waals surface area contributed by atoms with E-state index < -0.39 is 5.41 Å². The van der Waals surface area contributed by atoms with E-state index in [9.17, 15) is 9.18 Å². The SMILES string of the molecule is CC1(C)CC(=O)[C@]2(C)C=CC(F)=CC=C12. The fourth-order valence-electron chi connectivity index (χ4n) is 2.58. The molecule has 1 nitrogen and oxygen atoms in total. The Bertz CT molecular complexity index is 412. The molecule has 0 N–H and O–H groups in total. The van der Waals surface area contributed by atoms with Crippen LogP contribution in [0.5, 0.6) is 0 Å². The van der Waals surface area contributed by atoms with Crippen LogP contribution in [-0.4, -0.2) is 5.78 Å². The van der Waals surface area contributed by atoms with Gasteiger partial charge in [-0.25, -0.2) is 4.39 Å². The summed E-state index contributed by atoms with van der Waals surface area (Å²) < 4.78 is 13.1. The Hall–Kier alpha value is -1.18. The second kappa shape index (κ2) is 2.91. The van der Waals surface area contributed by atoms with Crippen LogP contribution in [0.4, 0.5) is 4.39 Å². The van der Waals surface area contributed by atoms with Gasteiger partial charge < -0.3 is 0 Å². The van der Waals surface area contributed by atoms with Crippen LogP contribution in [0.2, 0.25) is 0 Å². The lowest BCUT2D eigenvalue weighted by Crippen LogP contribution is -2.21. The molecule has 0 aromatic heterocycles. The molecule has 2 heteroatoms. The van der Waals surface area contributed by atoms with Crippen molar-refractivity contribution in [2.75, 3.05) is 0 Å². The summed E-state index contributed by atoms with van der Waals surface area (Å²) in [6.07, 6.45) is 6.82. The number of allylic oxidation sites excluding steroid dienone is 6. The van der Waals surface area contributed by atoms with E-state index in [0.717, 1.165) is 5.57 Å². The summed E-state index contributed by atoms with van der Waals surface area (Å²) in [4.78, 5) is 12.0. The smallest absolute Gasteiger partial charge is 0.147 e. The van der Waals surface area contributed by atoms with Crippen LogP contribution in [0.3, 0.4) is 0 Å². The van der Waals surface area contributed by atoms with Gasteiger partial charge >= 0.3 is 0 Å². The molecule has 0 unspecified atom stereocenters. The third-order valence-electron chi connectivity index (χ3n) is 3.46. The lowest BCUT2D eigenvalue weighted by Gasteiger charge is -2.25. The van der Waals surface area contributed by atoms with Crippen molar-refractivity contribution in [2.24, 2.45) is 10.8 Å². The fraction of sp³-hybridized carbons (Fsp3) is 0.462. The summed E-state index contributed by atoms with van der Waals surface area (Å²) >= 11 is 0. The highest BCUT2D eigenvalue weighted by Gasteiger charge is 2.49. The first-order chi connectivity index (χ1) is 6.86. The van der Waals surface area contributed by atoms with Crippen molar-refractivity contribution in [3.63, 3.8) is 0 Å². The quantitative estimate of drug-likeness (QED) is 0.594. The third-order valence-corrected chi connectivity index (χ3v) is 3.46. The maximum Gasteiger partial charge on any atom is 0.147 e. The molecule has 0 amide bonds. The van der Waals surface area contributed by atoms with E-state index in [2.05, 4.69) is 0 Å². The van der Waals surface area contributed by atoms with E-state index in [0.29, 0.717) is 6.42 Å². The van der Waals surface area contributed by atoms with Gasteiger partial charge in [-0.15, -0.1) is 0 Å². The monoisotopic (exact) mass is 206 g/mol. The number of rotatable bonds is 0. The Morgan fingerprint density at radius 3 is 2.60 bits per heavy atom. The van der Waals surface area contributed by atoms with Crippen LogP contribution in [0, 0.1) is 10.8 Å². The van der Waals surface area contributed by atoms with Gasteiger partial charge in [0.05, 0.1) is 5.41 Å². The van der Waals surface area contributed by atoms with E-state index in [1.807, 2.05) is 20.8 Å². The van der Waals surface area contributed by atoms with Crippen molar-refractivity contribution >= 4 is 5.78 Å². The molecule has 0 radical (unpaired) electrons. The minimum atomic E-state index is -0.603. The number of fused-ring (bicyclic) bond motifs is 1. The third kappa shape index (κ3) is 1.39. The predicted molar refractivity (Wildman–Crippen MR) is 57.9 cm³/mol. The molecule has 80 valence electrons. The number of hydrogen-bond donors (Lipinski definition) is 0. The van der Waals surface area contributed by atoms with E-state index in [4.69, 9.17) is 0 Å². The molecule has 0 aromatic rings. The average Bonchev–Trinajstić information content (AvgIpc) is 2.24. The average molecular weight is 206 g/mol. The molecule has 1 saturated carbocycles. The Kier molecular flexibility index (Phi) is 2.00. The highest BCUT2D eigenvalue weighted by Crippen LogP contribution is 2.52. The van der Waals surface area contributed by atoms with Crippen molar-refractivity contribution in [2.45, 2.75) is 27.2 Å². The second-order valence-corrected chi connectivity index (χ2v) is 5.15. The van der Waals surface area contributed by atoms with Crippen molar-refractivity contribution in [1.82, 2.24) is 0 Å². The number of carbonyl (C=O) groups is 1. The largest absolute Gasteiger partial charge is 0.298 e. The van der Waals surface area contributed by atoms with E-state index in [-0.39, 0.29) is 17.0 Å². The molecule has 2 aliphatic rings. The minimum absolute atomic E-state index is 0.155. The van der Waals surface area contributed by atoms with Gasteiger partial charge in [0.2, 0.25) is 0 Å². The lowest BCUT2D eigenvalue weighted by atomic mass is 9.77. The number of halogens is 1. The van der Waals surface area contributed by atoms with Gasteiger partial charge in [0.15, 0.2) is 0 Å². The van der Waals surface area contributed by atoms with Crippen LogP contribution >= 0.6 is 0 Å². The van der Waals surface area contributed by atoms with Gasteiger partial charge in [0, 0.05) is 6.42 Å². The van der Waals surface area contributed by atoms with Gasteiger partial charge in [-0.3, -0.25) is 4.79 Å². The predicted octanol–water partition coefficient (Wildman–Crippen LogP) is 3.34. The molecule has 2 aliphatic carbocycles. The summed E-state index contributed by atoms with van der Waals surface area (Å²) in [5, 5.41) is 0. The van der Waals surface area contributed by atoms with Gasteiger partial charge in [-0.1, -0.05) is 26.0 Å². The highest BCUT2D eigenvalue weighted by molar-refractivity contribution is 5.94. The topological polar surface area (TPSA) is 17.1 Å². The van der Waals surface area contributed by atoms with Crippen LogP contribution in [0.15, 0.2) is 35.7 Å². The van der Waals surface area contributed by atoms with Crippen molar-refractivity contribution in [1.29, 1.82) is 0 Å². The van der Waals surface area contributed by atoms with Crippen LogP contribution in [0.25, 0.3) is 0 Å².